The van der Waals surface area contributed by atoms with Crippen LogP contribution in [0.1, 0.15) is 36.2 Å². The predicted molar refractivity (Wildman–Crippen MR) is 96.3 cm³/mol. The molecule has 0 spiro atoms. The lowest BCUT2D eigenvalue weighted by atomic mass is 10.1. The first-order valence-corrected chi connectivity index (χ1v) is 10.1. The minimum absolute atomic E-state index is 0.111. The van der Waals surface area contributed by atoms with Gasteiger partial charge in [0.1, 0.15) is 17.3 Å². The van der Waals surface area contributed by atoms with Crippen molar-refractivity contribution in [3.63, 3.8) is 0 Å². The van der Waals surface area contributed by atoms with E-state index in [1.807, 2.05) is 6.92 Å². The average Bonchev–Trinajstić information content (AvgIpc) is 3.16. The predicted octanol–water partition coefficient (Wildman–Crippen LogP) is 0.828. The van der Waals surface area contributed by atoms with Gasteiger partial charge in [-0.25, -0.2) is 27.8 Å². The van der Waals surface area contributed by atoms with Gasteiger partial charge in [-0.2, -0.15) is 10.2 Å². The van der Waals surface area contributed by atoms with Crippen molar-refractivity contribution in [3.05, 3.63) is 29.6 Å². The lowest BCUT2D eigenvalue weighted by Crippen LogP contribution is -2.33. The van der Waals surface area contributed by atoms with Crippen LogP contribution >= 0.6 is 0 Å². The zero-order valence-electron chi connectivity index (χ0n) is 15.4. The Morgan fingerprint density at radius 1 is 1.37 bits per heavy atom. The number of methoxy groups -OCH3 is 1. The lowest BCUT2D eigenvalue weighted by Gasteiger charge is -2.22. The lowest BCUT2D eigenvalue weighted by molar-refractivity contribution is 0.177. The summed E-state index contributed by atoms with van der Waals surface area (Å²) in [6.07, 6.45) is 2.83. The van der Waals surface area contributed by atoms with Crippen LogP contribution in [0.4, 0.5) is 0 Å². The Kier molecular flexibility index (Phi) is 4.44. The second-order valence-corrected chi connectivity index (χ2v) is 8.32. The molecule has 3 aromatic rings. The third-order valence-corrected chi connectivity index (χ3v) is 6.08. The van der Waals surface area contributed by atoms with E-state index in [9.17, 15) is 8.42 Å². The highest BCUT2D eigenvalue weighted by atomic mass is 32.2. The van der Waals surface area contributed by atoms with Crippen LogP contribution in [0.15, 0.2) is 17.2 Å². The summed E-state index contributed by atoms with van der Waals surface area (Å²) < 4.78 is 37.1. The Hall–Kier alpha value is -2.37. The van der Waals surface area contributed by atoms with Gasteiger partial charge in [0.25, 0.3) is 0 Å². The fraction of sp³-hybridized carbons (Fsp3) is 0.500. The van der Waals surface area contributed by atoms with E-state index < -0.39 is 16.1 Å². The number of aryl methyl sites for hydroxylation is 3. The van der Waals surface area contributed by atoms with Crippen LogP contribution in [0.5, 0.6) is 0 Å². The molecule has 27 heavy (non-hydrogen) atoms. The van der Waals surface area contributed by atoms with Crippen LogP contribution in [0.2, 0.25) is 0 Å². The summed E-state index contributed by atoms with van der Waals surface area (Å²) in [4.78, 5) is 8.81. The highest BCUT2D eigenvalue weighted by molar-refractivity contribution is 7.89. The topological polar surface area (TPSA) is 117 Å². The van der Waals surface area contributed by atoms with Gasteiger partial charge in [0.05, 0.1) is 11.7 Å². The molecule has 1 aliphatic rings. The molecule has 3 aromatic heterocycles. The average molecular weight is 391 g/mol. The Balaban J connectivity index is 1.65. The molecule has 11 heteroatoms. The quantitative estimate of drug-likeness (QED) is 0.684. The molecule has 0 unspecified atom stereocenters. The zero-order valence-corrected chi connectivity index (χ0v) is 16.2. The van der Waals surface area contributed by atoms with Gasteiger partial charge in [0.2, 0.25) is 10.0 Å². The number of hydrogen-bond donors (Lipinski definition) is 1. The number of pyridine rings is 1. The maximum absolute atomic E-state index is 12.9. The smallest absolute Gasteiger partial charge is 0.242 e. The van der Waals surface area contributed by atoms with Gasteiger partial charge < -0.3 is 4.74 Å². The maximum Gasteiger partial charge on any atom is 0.242 e. The second kappa shape index (κ2) is 6.66. The molecule has 0 fully saturated rings. The van der Waals surface area contributed by atoms with E-state index in [1.165, 1.54) is 6.20 Å². The number of fused-ring (bicyclic) bond motifs is 2. The summed E-state index contributed by atoms with van der Waals surface area (Å²) in [6.45, 7) is 2.84. The van der Waals surface area contributed by atoms with E-state index in [4.69, 9.17) is 4.74 Å². The molecule has 1 atom stereocenters. The van der Waals surface area contributed by atoms with Crippen molar-refractivity contribution in [2.24, 2.45) is 7.05 Å². The third kappa shape index (κ3) is 3.22. The normalized spacial score (nSPS) is 17.4. The third-order valence-electron chi connectivity index (χ3n) is 4.64. The first-order chi connectivity index (χ1) is 12.9. The van der Waals surface area contributed by atoms with E-state index in [2.05, 4.69) is 24.9 Å². The van der Waals surface area contributed by atoms with Crippen molar-refractivity contribution >= 4 is 21.1 Å². The molecule has 1 aliphatic heterocycles. The largest absolute Gasteiger partial charge is 0.377 e. The number of nitrogens with one attached hydrogen (secondary N) is 1. The molecule has 4 heterocycles. The van der Waals surface area contributed by atoms with Gasteiger partial charge >= 0.3 is 0 Å². The van der Waals surface area contributed by atoms with E-state index in [1.54, 1.807) is 29.6 Å². The first kappa shape index (κ1) is 18.0. The molecule has 0 saturated heterocycles. The Morgan fingerprint density at radius 2 is 2.19 bits per heavy atom. The minimum atomic E-state index is -3.77. The van der Waals surface area contributed by atoms with Crippen LogP contribution < -0.4 is 4.72 Å². The van der Waals surface area contributed by atoms with E-state index >= 15 is 0 Å². The summed E-state index contributed by atoms with van der Waals surface area (Å²) in [5, 5.41) is 9.37. The molecule has 0 aliphatic carbocycles. The molecular formula is C16H21N7O3S. The number of sulfonamides is 1. The highest BCUT2D eigenvalue weighted by Crippen LogP contribution is 2.26. The van der Waals surface area contributed by atoms with Crippen molar-refractivity contribution in [3.8, 4) is 0 Å². The van der Waals surface area contributed by atoms with Crippen molar-refractivity contribution in [2.45, 2.75) is 43.9 Å². The molecule has 0 aromatic carbocycles. The number of aromatic nitrogens is 6. The minimum Gasteiger partial charge on any atom is -0.377 e. The number of nitrogens with zero attached hydrogens (tertiary/aromatic N) is 6. The van der Waals surface area contributed by atoms with Gasteiger partial charge in [0.15, 0.2) is 11.5 Å². The SMILES string of the molecule is COCc1nc2n(n1)CCC[C@H]2NS(=O)(=O)c1cnc2c(c1)c(C)nn2C. The monoisotopic (exact) mass is 391 g/mol. The van der Waals surface area contributed by atoms with Crippen molar-refractivity contribution in [1.29, 1.82) is 0 Å². The van der Waals surface area contributed by atoms with Crippen LogP contribution in [0.3, 0.4) is 0 Å². The molecule has 4 rings (SSSR count). The number of hydrogen-bond acceptors (Lipinski definition) is 7. The molecule has 10 nitrogen and oxygen atoms in total. The number of ether oxygens (including phenoxy) is 1. The van der Waals surface area contributed by atoms with Gasteiger partial charge in [-0.3, -0.25) is 4.68 Å². The van der Waals surface area contributed by atoms with Crippen LogP contribution in [0, 0.1) is 6.92 Å². The molecular weight excluding hydrogens is 370 g/mol. The molecule has 0 saturated carbocycles. The Bertz CT molecular complexity index is 1100. The summed E-state index contributed by atoms with van der Waals surface area (Å²) >= 11 is 0. The number of rotatable bonds is 5. The fourth-order valence-electron chi connectivity index (χ4n) is 3.39. The van der Waals surface area contributed by atoms with E-state index in [-0.39, 0.29) is 4.90 Å². The maximum atomic E-state index is 12.9. The fourth-order valence-corrected chi connectivity index (χ4v) is 4.59. The first-order valence-electron chi connectivity index (χ1n) is 8.63. The Morgan fingerprint density at radius 3 is 2.96 bits per heavy atom. The molecule has 0 radical (unpaired) electrons. The molecule has 0 bridgehead atoms. The second-order valence-electron chi connectivity index (χ2n) is 6.61. The zero-order chi connectivity index (χ0) is 19.2. The molecule has 0 amide bonds. The summed E-state index contributed by atoms with van der Waals surface area (Å²) in [5.41, 5.74) is 1.38. The van der Waals surface area contributed by atoms with Crippen LogP contribution in [0.25, 0.3) is 11.0 Å². The van der Waals surface area contributed by atoms with Gasteiger partial charge in [-0.1, -0.05) is 0 Å². The van der Waals surface area contributed by atoms with Gasteiger partial charge in [-0.15, -0.1) is 0 Å². The van der Waals surface area contributed by atoms with Gasteiger partial charge in [-0.05, 0) is 25.8 Å². The van der Waals surface area contributed by atoms with Crippen LogP contribution in [-0.4, -0.2) is 45.1 Å². The van der Waals surface area contributed by atoms with Crippen molar-refractivity contribution in [1.82, 2.24) is 34.3 Å². The van der Waals surface area contributed by atoms with Crippen LogP contribution in [-0.2, 0) is 35.0 Å². The van der Waals surface area contributed by atoms with E-state index in [0.29, 0.717) is 36.9 Å². The molecule has 144 valence electrons. The van der Waals surface area contributed by atoms with Crippen molar-refractivity contribution < 1.29 is 13.2 Å². The van der Waals surface area contributed by atoms with Crippen molar-refractivity contribution in [2.75, 3.05) is 7.11 Å². The summed E-state index contributed by atoms with van der Waals surface area (Å²) in [5.74, 6) is 1.16. The molecule has 1 N–H and O–H groups in total. The Labute approximate surface area is 156 Å². The summed E-state index contributed by atoms with van der Waals surface area (Å²) in [7, 11) is -0.414. The van der Waals surface area contributed by atoms with Gasteiger partial charge in [0, 0.05) is 32.3 Å². The highest BCUT2D eigenvalue weighted by Gasteiger charge is 2.29. The standard InChI is InChI=1S/C16H21N7O3S/c1-10-12-7-11(8-17-15(12)22(2)19-10)27(24,25)21-13-5-4-6-23-16(13)18-14(20-23)9-26-3/h7-8,13,21H,4-6,9H2,1-3H3/t13-/m1/s1. The summed E-state index contributed by atoms with van der Waals surface area (Å²) in [6, 6.07) is 1.17. The van der Waals surface area contributed by atoms with E-state index in [0.717, 1.165) is 17.5 Å².